The molecule has 0 aliphatic carbocycles. The highest BCUT2D eigenvalue weighted by Gasteiger charge is 2.06. The Kier molecular flexibility index (Phi) is 1.37. The molecule has 2 N–H and O–H groups in total. The smallest absolute Gasteiger partial charge is 0.136 e. The molecule has 0 radical (unpaired) electrons. The molecule has 0 fully saturated rings. The summed E-state index contributed by atoms with van der Waals surface area (Å²) in [7, 11) is 0. The van der Waals surface area contributed by atoms with Gasteiger partial charge in [0.1, 0.15) is 11.3 Å². The molecule has 2 heteroatoms. The lowest BCUT2D eigenvalue weighted by Crippen LogP contribution is -1.83. The molecule has 0 bridgehead atoms. The van der Waals surface area contributed by atoms with Crippen molar-refractivity contribution in [1.82, 2.24) is 0 Å². The number of aryl methyl sites for hydroxylation is 2. The van der Waals surface area contributed by atoms with E-state index in [1.54, 1.807) is 0 Å². The number of anilines is 1. The Balaban J connectivity index is 2.87. The second-order valence-corrected chi connectivity index (χ2v) is 3.07. The Labute approximate surface area is 71.0 Å². The van der Waals surface area contributed by atoms with Crippen molar-refractivity contribution < 1.29 is 4.42 Å². The fraction of sp³-hybridized carbons (Fsp3) is 0.200. The van der Waals surface area contributed by atoms with Gasteiger partial charge in [-0.25, -0.2) is 0 Å². The summed E-state index contributed by atoms with van der Waals surface area (Å²) in [6.45, 7) is 3.91. The molecular formula is C10H11NO. The molecule has 0 aliphatic heterocycles. The van der Waals surface area contributed by atoms with Crippen LogP contribution in [0.3, 0.4) is 0 Å². The normalized spacial score (nSPS) is 10.8. The standard InChI is InChI=1S/C10H11NO/c1-6-3-4-8-9(5-6)12-7(2)10(8)11/h3-5H,11H2,1-2H3. The third-order valence-corrected chi connectivity index (χ3v) is 2.07. The second-order valence-electron chi connectivity index (χ2n) is 3.07. The molecule has 0 saturated heterocycles. The van der Waals surface area contributed by atoms with Gasteiger partial charge in [0.15, 0.2) is 0 Å². The first-order valence-corrected chi connectivity index (χ1v) is 3.93. The molecule has 1 aromatic heterocycles. The Morgan fingerprint density at radius 3 is 2.75 bits per heavy atom. The Bertz CT molecular complexity index is 429. The molecule has 1 aromatic carbocycles. The summed E-state index contributed by atoms with van der Waals surface area (Å²) in [5.74, 6) is 0.801. The van der Waals surface area contributed by atoms with E-state index in [0.717, 1.165) is 22.4 Å². The summed E-state index contributed by atoms with van der Waals surface area (Å²) in [5.41, 5.74) is 8.62. The van der Waals surface area contributed by atoms with Crippen molar-refractivity contribution in [3.05, 3.63) is 29.5 Å². The number of benzene rings is 1. The van der Waals surface area contributed by atoms with Crippen LogP contribution in [0.2, 0.25) is 0 Å². The van der Waals surface area contributed by atoms with Gasteiger partial charge in [0, 0.05) is 5.39 Å². The van der Waals surface area contributed by atoms with Crippen molar-refractivity contribution in [2.24, 2.45) is 0 Å². The van der Waals surface area contributed by atoms with Crippen molar-refractivity contribution in [2.75, 3.05) is 5.73 Å². The summed E-state index contributed by atoms with van der Waals surface area (Å²) >= 11 is 0. The van der Waals surface area contributed by atoms with Crippen LogP contribution in [0.5, 0.6) is 0 Å². The van der Waals surface area contributed by atoms with Gasteiger partial charge in [-0.3, -0.25) is 0 Å². The summed E-state index contributed by atoms with van der Waals surface area (Å²) in [6, 6.07) is 6.03. The third kappa shape index (κ3) is 0.881. The van der Waals surface area contributed by atoms with Crippen LogP contribution in [0.15, 0.2) is 22.6 Å². The summed E-state index contributed by atoms with van der Waals surface area (Å²) in [5, 5.41) is 1.01. The SMILES string of the molecule is Cc1ccc2c(N)c(C)oc2c1. The first kappa shape index (κ1) is 7.22. The molecule has 0 spiro atoms. The molecule has 0 saturated carbocycles. The average Bonchev–Trinajstić information content (AvgIpc) is 2.28. The van der Waals surface area contributed by atoms with Crippen molar-refractivity contribution in [3.63, 3.8) is 0 Å². The Hall–Kier alpha value is -1.44. The molecule has 2 aromatic rings. The molecule has 2 nitrogen and oxygen atoms in total. The van der Waals surface area contributed by atoms with Gasteiger partial charge < -0.3 is 10.2 Å². The van der Waals surface area contributed by atoms with E-state index in [9.17, 15) is 0 Å². The molecule has 2 rings (SSSR count). The summed E-state index contributed by atoms with van der Waals surface area (Å²) < 4.78 is 5.45. The number of nitrogen functional groups attached to an aromatic ring is 1. The van der Waals surface area contributed by atoms with E-state index in [2.05, 4.69) is 0 Å². The lowest BCUT2D eigenvalue weighted by Gasteiger charge is -1.90. The van der Waals surface area contributed by atoms with Gasteiger partial charge >= 0.3 is 0 Å². The van der Waals surface area contributed by atoms with E-state index in [4.69, 9.17) is 10.2 Å². The van der Waals surface area contributed by atoms with Gasteiger partial charge in [-0.05, 0) is 31.5 Å². The molecule has 62 valence electrons. The number of furan rings is 1. The van der Waals surface area contributed by atoms with Crippen molar-refractivity contribution in [1.29, 1.82) is 0 Å². The first-order chi connectivity index (χ1) is 5.68. The van der Waals surface area contributed by atoms with E-state index in [-0.39, 0.29) is 0 Å². The topological polar surface area (TPSA) is 39.2 Å². The average molecular weight is 161 g/mol. The second kappa shape index (κ2) is 2.27. The summed E-state index contributed by atoms with van der Waals surface area (Å²) in [6.07, 6.45) is 0. The highest BCUT2D eigenvalue weighted by atomic mass is 16.3. The van der Waals surface area contributed by atoms with Gasteiger partial charge in [0.2, 0.25) is 0 Å². The quantitative estimate of drug-likeness (QED) is 0.645. The predicted octanol–water partition coefficient (Wildman–Crippen LogP) is 2.63. The molecule has 0 unspecified atom stereocenters. The number of rotatable bonds is 0. The largest absolute Gasteiger partial charge is 0.459 e. The molecule has 0 amide bonds. The van der Waals surface area contributed by atoms with Crippen LogP contribution in [0.1, 0.15) is 11.3 Å². The van der Waals surface area contributed by atoms with E-state index in [1.165, 1.54) is 5.56 Å². The fourth-order valence-electron chi connectivity index (χ4n) is 1.35. The van der Waals surface area contributed by atoms with Crippen molar-refractivity contribution >= 4 is 16.7 Å². The molecule has 0 atom stereocenters. The Morgan fingerprint density at radius 1 is 1.25 bits per heavy atom. The number of hydrogen-bond donors (Lipinski definition) is 1. The monoisotopic (exact) mass is 161 g/mol. The lowest BCUT2D eigenvalue weighted by atomic mass is 10.2. The zero-order chi connectivity index (χ0) is 8.72. The maximum absolute atomic E-state index is 5.79. The van der Waals surface area contributed by atoms with Crippen molar-refractivity contribution in [2.45, 2.75) is 13.8 Å². The van der Waals surface area contributed by atoms with Crippen LogP contribution in [0.25, 0.3) is 11.0 Å². The van der Waals surface area contributed by atoms with E-state index in [0.29, 0.717) is 0 Å². The minimum Gasteiger partial charge on any atom is -0.459 e. The number of nitrogens with two attached hydrogens (primary N) is 1. The third-order valence-electron chi connectivity index (χ3n) is 2.07. The van der Waals surface area contributed by atoms with Gasteiger partial charge in [0.25, 0.3) is 0 Å². The van der Waals surface area contributed by atoms with E-state index in [1.807, 2.05) is 32.0 Å². The van der Waals surface area contributed by atoms with E-state index < -0.39 is 0 Å². The van der Waals surface area contributed by atoms with Crippen LogP contribution >= 0.6 is 0 Å². The van der Waals surface area contributed by atoms with Crippen LogP contribution in [-0.4, -0.2) is 0 Å². The molecular weight excluding hydrogens is 150 g/mol. The maximum atomic E-state index is 5.79. The zero-order valence-electron chi connectivity index (χ0n) is 7.22. The molecule has 12 heavy (non-hydrogen) atoms. The molecule has 1 heterocycles. The highest BCUT2D eigenvalue weighted by Crippen LogP contribution is 2.27. The van der Waals surface area contributed by atoms with Crippen LogP contribution < -0.4 is 5.73 Å². The highest BCUT2D eigenvalue weighted by molar-refractivity contribution is 5.91. The van der Waals surface area contributed by atoms with E-state index >= 15 is 0 Å². The summed E-state index contributed by atoms with van der Waals surface area (Å²) in [4.78, 5) is 0. The van der Waals surface area contributed by atoms with Crippen LogP contribution in [0, 0.1) is 13.8 Å². The minimum absolute atomic E-state index is 0.755. The predicted molar refractivity (Wildman–Crippen MR) is 50.1 cm³/mol. The van der Waals surface area contributed by atoms with Crippen LogP contribution in [-0.2, 0) is 0 Å². The number of hydrogen-bond acceptors (Lipinski definition) is 2. The zero-order valence-corrected chi connectivity index (χ0v) is 7.22. The van der Waals surface area contributed by atoms with Crippen molar-refractivity contribution in [3.8, 4) is 0 Å². The van der Waals surface area contributed by atoms with Gasteiger partial charge in [-0.2, -0.15) is 0 Å². The molecule has 0 aliphatic rings. The first-order valence-electron chi connectivity index (χ1n) is 3.93. The number of fused-ring (bicyclic) bond motifs is 1. The fourth-order valence-corrected chi connectivity index (χ4v) is 1.35. The Morgan fingerprint density at radius 2 is 2.00 bits per heavy atom. The van der Waals surface area contributed by atoms with Gasteiger partial charge in [-0.1, -0.05) is 6.07 Å². The lowest BCUT2D eigenvalue weighted by molar-refractivity contribution is 0.580. The minimum atomic E-state index is 0.755. The van der Waals surface area contributed by atoms with Crippen LogP contribution in [0.4, 0.5) is 5.69 Å². The maximum Gasteiger partial charge on any atom is 0.136 e. The van der Waals surface area contributed by atoms with Gasteiger partial charge in [-0.15, -0.1) is 0 Å². The van der Waals surface area contributed by atoms with Gasteiger partial charge in [0.05, 0.1) is 5.69 Å².